The van der Waals surface area contributed by atoms with Gasteiger partial charge in [0.2, 0.25) is 11.8 Å². The van der Waals surface area contributed by atoms with Crippen LogP contribution in [0.3, 0.4) is 0 Å². The maximum Gasteiger partial charge on any atom is 0.225 e. The van der Waals surface area contributed by atoms with Gasteiger partial charge in [0, 0.05) is 51.7 Å². The van der Waals surface area contributed by atoms with Crippen molar-refractivity contribution in [3.05, 3.63) is 35.9 Å². The van der Waals surface area contributed by atoms with Crippen LogP contribution in [0.1, 0.15) is 56.9 Å². The number of amides is 2. The van der Waals surface area contributed by atoms with Crippen molar-refractivity contribution in [1.29, 1.82) is 0 Å². The highest BCUT2D eigenvalue weighted by Crippen LogP contribution is 2.27. The Balaban J connectivity index is 1.12. The number of carbonyl (C=O) groups excluding carboxylic acids is 2. The zero-order chi connectivity index (χ0) is 21.5. The van der Waals surface area contributed by atoms with Gasteiger partial charge in [-0.1, -0.05) is 30.3 Å². The SMILES string of the molecule is O=C(CCC1CCN(C(=O)C2CCOCC2)CC1)N1CCC(Cc2ccccc2)CC1. The van der Waals surface area contributed by atoms with E-state index in [2.05, 4.69) is 40.1 Å². The molecule has 0 bridgehead atoms. The van der Waals surface area contributed by atoms with Crippen LogP contribution in [0.4, 0.5) is 0 Å². The Kier molecular flexibility index (Phi) is 8.01. The zero-order valence-corrected chi connectivity index (χ0v) is 18.8. The highest BCUT2D eigenvalue weighted by molar-refractivity contribution is 5.79. The number of likely N-dealkylation sites (tertiary alicyclic amines) is 2. The number of benzene rings is 1. The van der Waals surface area contributed by atoms with Crippen LogP contribution in [0, 0.1) is 17.8 Å². The summed E-state index contributed by atoms with van der Waals surface area (Å²) < 4.78 is 5.38. The molecule has 0 aliphatic carbocycles. The van der Waals surface area contributed by atoms with E-state index >= 15 is 0 Å². The minimum Gasteiger partial charge on any atom is -0.381 e. The average molecular weight is 427 g/mol. The van der Waals surface area contributed by atoms with Crippen molar-refractivity contribution in [2.45, 2.75) is 57.8 Å². The van der Waals surface area contributed by atoms with Gasteiger partial charge >= 0.3 is 0 Å². The third-order valence-corrected chi connectivity index (χ3v) is 7.60. The summed E-state index contributed by atoms with van der Waals surface area (Å²) in [5, 5.41) is 0. The summed E-state index contributed by atoms with van der Waals surface area (Å²) in [6.45, 7) is 4.99. The lowest BCUT2D eigenvalue weighted by Gasteiger charge is -2.36. The molecule has 3 saturated heterocycles. The standard InChI is InChI=1S/C26H38N2O3/c29-25(27-14-10-23(11-15-27)20-22-4-2-1-3-5-22)7-6-21-8-16-28(17-9-21)26(30)24-12-18-31-19-13-24/h1-5,21,23-24H,6-20H2. The van der Waals surface area contributed by atoms with Gasteiger partial charge < -0.3 is 14.5 Å². The molecule has 1 aromatic carbocycles. The first kappa shape index (κ1) is 22.3. The van der Waals surface area contributed by atoms with Gasteiger partial charge in [0.25, 0.3) is 0 Å². The van der Waals surface area contributed by atoms with E-state index in [9.17, 15) is 9.59 Å². The molecule has 0 saturated carbocycles. The van der Waals surface area contributed by atoms with E-state index in [1.54, 1.807) is 0 Å². The highest BCUT2D eigenvalue weighted by Gasteiger charge is 2.30. The molecule has 0 aromatic heterocycles. The van der Waals surface area contributed by atoms with E-state index in [1.165, 1.54) is 5.56 Å². The van der Waals surface area contributed by atoms with Gasteiger partial charge in [0.15, 0.2) is 0 Å². The molecule has 2 amide bonds. The van der Waals surface area contributed by atoms with Gasteiger partial charge in [-0.25, -0.2) is 0 Å². The van der Waals surface area contributed by atoms with Gasteiger partial charge in [-0.2, -0.15) is 0 Å². The predicted molar refractivity (Wildman–Crippen MR) is 122 cm³/mol. The molecule has 1 aromatic rings. The molecule has 0 spiro atoms. The first-order valence-corrected chi connectivity index (χ1v) is 12.4. The monoisotopic (exact) mass is 426 g/mol. The minimum atomic E-state index is 0.164. The van der Waals surface area contributed by atoms with E-state index in [-0.39, 0.29) is 5.92 Å². The number of rotatable bonds is 6. The molecular formula is C26H38N2O3. The molecule has 31 heavy (non-hydrogen) atoms. The summed E-state index contributed by atoms with van der Waals surface area (Å²) in [5.74, 6) is 2.11. The lowest BCUT2D eigenvalue weighted by atomic mass is 9.89. The lowest BCUT2D eigenvalue weighted by molar-refractivity contribution is -0.140. The molecule has 3 aliphatic rings. The van der Waals surface area contributed by atoms with Crippen molar-refractivity contribution in [3.8, 4) is 0 Å². The number of piperidine rings is 2. The van der Waals surface area contributed by atoms with E-state index < -0.39 is 0 Å². The number of ether oxygens (including phenoxy) is 1. The largest absolute Gasteiger partial charge is 0.381 e. The first-order valence-electron chi connectivity index (χ1n) is 12.4. The summed E-state index contributed by atoms with van der Waals surface area (Å²) in [7, 11) is 0. The summed E-state index contributed by atoms with van der Waals surface area (Å²) in [4.78, 5) is 29.6. The Morgan fingerprint density at radius 2 is 1.42 bits per heavy atom. The number of nitrogens with zero attached hydrogens (tertiary/aromatic N) is 2. The van der Waals surface area contributed by atoms with Crippen LogP contribution in [-0.4, -0.2) is 61.0 Å². The Labute approximate surface area is 187 Å². The second-order valence-electron chi connectivity index (χ2n) is 9.71. The van der Waals surface area contributed by atoms with Crippen molar-refractivity contribution in [1.82, 2.24) is 9.80 Å². The number of hydrogen-bond acceptors (Lipinski definition) is 3. The van der Waals surface area contributed by atoms with Crippen LogP contribution in [-0.2, 0) is 20.7 Å². The Morgan fingerprint density at radius 1 is 0.806 bits per heavy atom. The second-order valence-corrected chi connectivity index (χ2v) is 9.71. The van der Waals surface area contributed by atoms with Crippen LogP contribution in [0.5, 0.6) is 0 Å². The fraction of sp³-hybridized carbons (Fsp3) is 0.692. The van der Waals surface area contributed by atoms with E-state index in [1.807, 2.05) is 0 Å². The molecule has 5 heteroatoms. The molecule has 0 radical (unpaired) electrons. The number of carbonyl (C=O) groups is 2. The molecule has 3 aliphatic heterocycles. The van der Waals surface area contributed by atoms with Gasteiger partial charge in [0.1, 0.15) is 0 Å². The lowest BCUT2D eigenvalue weighted by Crippen LogP contribution is -2.43. The fourth-order valence-corrected chi connectivity index (χ4v) is 5.46. The quantitative estimate of drug-likeness (QED) is 0.693. The molecule has 170 valence electrons. The second kappa shape index (κ2) is 11.1. The summed E-state index contributed by atoms with van der Waals surface area (Å²) in [6, 6.07) is 10.7. The van der Waals surface area contributed by atoms with Crippen LogP contribution >= 0.6 is 0 Å². The number of hydrogen-bond donors (Lipinski definition) is 0. The van der Waals surface area contributed by atoms with Crippen molar-refractivity contribution in [3.63, 3.8) is 0 Å². The van der Waals surface area contributed by atoms with Gasteiger partial charge in [0.05, 0.1) is 0 Å². The van der Waals surface area contributed by atoms with Crippen LogP contribution in [0.2, 0.25) is 0 Å². The van der Waals surface area contributed by atoms with E-state index in [0.717, 1.165) is 90.8 Å². The van der Waals surface area contributed by atoms with Gasteiger partial charge in [-0.15, -0.1) is 0 Å². The maximum absolute atomic E-state index is 12.7. The Morgan fingerprint density at radius 3 is 2.10 bits per heavy atom. The summed E-state index contributed by atoms with van der Waals surface area (Å²) in [6.07, 6.45) is 8.84. The molecular weight excluding hydrogens is 388 g/mol. The van der Waals surface area contributed by atoms with E-state index in [4.69, 9.17) is 4.74 Å². The molecule has 0 N–H and O–H groups in total. The van der Waals surface area contributed by atoms with Gasteiger partial charge in [-0.3, -0.25) is 9.59 Å². The average Bonchev–Trinajstić information content (AvgIpc) is 2.84. The Bertz CT molecular complexity index is 701. The highest BCUT2D eigenvalue weighted by atomic mass is 16.5. The van der Waals surface area contributed by atoms with Crippen LogP contribution in [0.25, 0.3) is 0 Å². The molecule has 0 atom stereocenters. The first-order chi connectivity index (χ1) is 15.2. The van der Waals surface area contributed by atoms with Crippen molar-refractivity contribution in [2.24, 2.45) is 17.8 Å². The van der Waals surface area contributed by atoms with Crippen molar-refractivity contribution < 1.29 is 14.3 Å². The molecule has 0 unspecified atom stereocenters. The third kappa shape index (κ3) is 6.31. The predicted octanol–water partition coefficient (Wildman–Crippen LogP) is 3.91. The third-order valence-electron chi connectivity index (χ3n) is 7.60. The topological polar surface area (TPSA) is 49.9 Å². The van der Waals surface area contributed by atoms with Crippen LogP contribution in [0.15, 0.2) is 30.3 Å². The molecule has 4 rings (SSSR count). The normalized spacial score (nSPS) is 21.9. The molecule has 3 fully saturated rings. The Hall–Kier alpha value is -1.88. The molecule has 5 nitrogen and oxygen atoms in total. The van der Waals surface area contributed by atoms with Crippen molar-refractivity contribution >= 4 is 11.8 Å². The van der Waals surface area contributed by atoms with E-state index in [0.29, 0.717) is 30.1 Å². The maximum atomic E-state index is 12.7. The fourth-order valence-electron chi connectivity index (χ4n) is 5.46. The zero-order valence-electron chi connectivity index (χ0n) is 18.8. The van der Waals surface area contributed by atoms with Crippen LogP contribution < -0.4 is 0 Å². The molecule has 3 heterocycles. The summed E-state index contributed by atoms with van der Waals surface area (Å²) >= 11 is 0. The van der Waals surface area contributed by atoms with Crippen molar-refractivity contribution in [2.75, 3.05) is 39.4 Å². The summed E-state index contributed by atoms with van der Waals surface area (Å²) in [5.41, 5.74) is 1.41. The minimum absolute atomic E-state index is 0.164. The van der Waals surface area contributed by atoms with Gasteiger partial charge in [-0.05, 0) is 68.8 Å². The smallest absolute Gasteiger partial charge is 0.225 e.